The lowest BCUT2D eigenvalue weighted by Crippen LogP contribution is -2.42. The smallest absolute Gasteiger partial charge is 0.305 e. The summed E-state index contributed by atoms with van der Waals surface area (Å²) in [5, 5.41) is 10.1. The van der Waals surface area contributed by atoms with Gasteiger partial charge in [-0.25, -0.2) is 0 Å². The summed E-state index contributed by atoms with van der Waals surface area (Å²) in [6.45, 7) is -1.02. The van der Waals surface area contributed by atoms with Crippen molar-refractivity contribution in [2.24, 2.45) is 5.41 Å². The van der Waals surface area contributed by atoms with Gasteiger partial charge in [-0.3, -0.25) is 14.4 Å². The molecule has 0 aromatic rings. The molecule has 0 amide bonds. The molecular weight excluding hydrogens is 520 g/mol. The Morgan fingerprint density at radius 1 is 0.500 bits per heavy atom. The van der Waals surface area contributed by atoms with Gasteiger partial charge in [0.15, 0.2) is 0 Å². The second kappa shape index (κ2) is 24.7. The first kappa shape index (κ1) is 35.4. The van der Waals surface area contributed by atoms with E-state index in [1.165, 1.54) is 0 Å². The van der Waals surface area contributed by atoms with E-state index in [2.05, 4.69) is 37.9 Å². The molecule has 0 aliphatic rings. The highest BCUT2D eigenvalue weighted by Crippen LogP contribution is 2.21. The molecule has 0 aromatic heterocycles. The fourth-order valence-corrected chi connectivity index (χ4v) is 4.05. The number of hydrogen-bond acceptors (Lipinski definition) is 10. The normalized spacial score (nSPS) is 11.3. The summed E-state index contributed by atoms with van der Waals surface area (Å²) in [5.41, 5.74) is -1.19. The Kier molecular flexibility index (Phi) is 24.3. The Bertz CT molecular complexity index is 502. The van der Waals surface area contributed by atoms with Crippen LogP contribution < -0.4 is 0 Å². The molecule has 0 saturated carbocycles. The van der Waals surface area contributed by atoms with Crippen molar-refractivity contribution in [1.29, 1.82) is 0 Å². The lowest BCUT2D eigenvalue weighted by molar-refractivity contribution is -0.165. The van der Waals surface area contributed by atoms with Crippen molar-refractivity contribution in [1.82, 2.24) is 0 Å². The van der Waals surface area contributed by atoms with Crippen molar-refractivity contribution in [3.8, 4) is 0 Å². The van der Waals surface area contributed by atoms with E-state index in [-0.39, 0.29) is 57.0 Å². The van der Waals surface area contributed by atoms with Crippen LogP contribution in [0.2, 0.25) is 0 Å². The van der Waals surface area contributed by atoms with Crippen molar-refractivity contribution >= 4 is 55.8 Å². The Labute approximate surface area is 234 Å². The molecule has 0 rings (SSSR count). The standard InChI is InChI=1S/C26H48O7S3/c27-19-26(20-31-23(28)13-7-1-4-10-16-34,21-32-24(29)14-8-2-5-11-17-35)22-33-25(30)15-9-3-6-12-18-36/h27,34-36H,1-22H2. The summed E-state index contributed by atoms with van der Waals surface area (Å²) in [4.78, 5) is 36.7. The highest BCUT2D eigenvalue weighted by Gasteiger charge is 2.35. The summed E-state index contributed by atoms with van der Waals surface area (Å²) >= 11 is 12.5. The van der Waals surface area contributed by atoms with Gasteiger partial charge in [0.1, 0.15) is 19.8 Å². The summed E-state index contributed by atoms with van der Waals surface area (Å²) in [5.74, 6) is 1.32. The Hall–Kier alpha value is -0.580. The lowest BCUT2D eigenvalue weighted by Gasteiger charge is -2.30. The number of unbranched alkanes of at least 4 members (excludes halogenated alkanes) is 9. The highest BCUT2D eigenvalue weighted by atomic mass is 32.1. The maximum atomic E-state index is 12.2. The minimum absolute atomic E-state index is 0.191. The molecule has 0 bridgehead atoms. The third-order valence-electron chi connectivity index (χ3n) is 5.82. The van der Waals surface area contributed by atoms with Gasteiger partial charge in [-0.15, -0.1) is 0 Å². The molecule has 0 heterocycles. The van der Waals surface area contributed by atoms with Crippen LogP contribution in [0, 0.1) is 5.41 Å². The summed E-state index contributed by atoms with van der Waals surface area (Å²) < 4.78 is 16.2. The molecule has 36 heavy (non-hydrogen) atoms. The Morgan fingerprint density at radius 2 is 0.778 bits per heavy atom. The van der Waals surface area contributed by atoms with Gasteiger partial charge in [0, 0.05) is 19.3 Å². The molecule has 0 aromatic carbocycles. The quantitative estimate of drug-likeness (QED) is 0.0518. The molecule has 7 nitrogen and oxygen atoms in total. The number of aliphatic hydroxyl groups excluding tert-OH is 1. The molecule has 0 atom stereocenters. The Balaban J connectivity index is 4.76. The van der Waals surface area contributed by atoms with E-state index in [1.54, 1.807) is 0 Å². The fourth-order valence-electron chi connectivity index (χ4n) is 3.38. The van der Waals surface area contributed by atoms with Crippen molar-refractivity contribution in [3.05, 3.63) is 0 Å². The van der Waals surface area contributed by atoms with Crippen LogP contribution in [0.4, 0.5) is 0 Å². The van der Waals surface area contributed by atoms with Crippen LogP contribution in [0.15, 0.2) is 0 Å². The fraction of sp³-hybridized carbons (Fsp3) is 0.885. The largest absolute Gasteiger partial charge is 0.465 e. The summed E-state index contributed by atoms with van der Waals surface area (Å²) in [7, 11) is 0. The van der Waals surface area contributed by atoms with Crippen LogP contribution in [0.1, 0.15) is 96.3 Å². The molecule has 0 radical (unpaired) electrons. The van der Waals surface area contributed by atoms with Crippen molar-refractivity contribution in [3.63, 3.8) is 0 Å². The van der Waals surface area contributed by atoms with Gasteiger partial charge >= 0.3 is 17.9 Å². The van der Waals surface area contributed by atoms with E-state index in [0.717, 1.165) is 75.0 Å². The third-order valence-corrected chi connectivity index (χ3v) is 6.77. The molecule has 0 spiro atoms. The van der Waals surface area contributed by atoms with Crippen LogP contribution >= 0.6 is 37.9 Å². The average molecular weight is 569 g/mol. The van der Waals surface area contributed by atoms with Crippen LogP contribution in [-0.4, -0.2) is 66.7 Å². The molecule has 10 heteroatoms. The molecule has 0 unspecified atom stereocenters. The van der Waals surface area contributed by atoms with Crippen molar-refractivity contribution in [2.75, 3.05) is 43.7 Å². The van der Waals surface area contributed by atoms with E-state index in [0.29, 0.717) is 19.3 Å². The van der Waals surface area contributed by atoms with Crippen LogP contribution in [0.3, 0.4) is 0 Å². The maximum Gasteiger partial charge on any atom is 0.305 e. The van der Waals surface area contributed by atoms with Crippen molar-refractivity contribution < 1.29 is 33.7 Å². The minimum atomic E-state index is -1.19. The molecule has 0 aliphatic carbocycles. The monoisotopic (exact) mass is 568 g/mol. The van der Waals surface area contributed by atoms with Crippen LogP contribution in [0.25, 0.3) is 0 Å². The molecule has 0 fully saturated rings. The zero-order valence-corrected chi connectivity index (χ0v) is 24.5. The van der Waals surface area contributed by atoms with Gasteiger partial charge in [-0.1, -0.05) is 38.5 Å². The predicted molar refractivity (Wildman–Crippen MR) is 153 cm³/mol. The van der Waals surface area contributed by atoms with Gasteiger partial charge in [-0.05, 0) is 55.8 Å². The molecular formula is C26H48O7S3. The first-order valence-corrected chi connectivity index (χ1v) is 15.2. The number of thiol groups is 3. The Morgan fingerprint density at radius 3 is 1.03 bits per heavy atom. The van der Waals surface area contributed by atoms with E-state index in [9.17, 15) is 19.5 Å². The molecule has 0 saturated heterocycles. The molecule has 212 valence electrons. The average Bonchev–Trinajstić information content (AvgIpc) is 2.88. The van der Waals surface area contributed by atoms with Gasteiger partial charge in [0.05, 0.1) is 12.0 Å². The van der Waals surface area contributed by atoms with Gasteiger partial charge < -0.3 is 19.3 Å². The number of aliphatic hydroxyl groups is 1. The van der Waals surface area contributed by atoms with Gasteiger partial charge in [-0.2, -0.15) is 37.9 Å². The first-order chi connectivity index (χ1) is 17.4. The third kappa shape index (κ3) is 20.5. The number of esters is 3. The van der Waals surface area contributed by atoms with E-state index in [4.69, 9.17) is 14.2 Å². The van der Waals surface area contributed by atoms with E-state index < -0.39 is 12.0 Å². The van der Waals surface area contributed by atoms with Gasteiger partial charge in [0.2, 0.25) is 0 Å². The lowest BCUT2D eigenvalue weighted by atomic mass is 9.92. The number of ether oxygens (including phenoxy) is 3. The molecule has 1 N–H and O–H groups in total. The SMILES string of the molecule is O=C(CCCCCCS)OCC(CO)(COC(=O)CCCCCCS)COC(=O)CCCCCCS. The zero-order chi connectivity index (χ0) is 26.9. The minimum Gasteiger partial charge on any atom is -0.465 e. The van der Waals surface area contributed by atoms with Crippen molar-refractivity contribution in [2.45, 2.75) is 96.3 Å². The summed E-state index contributed by atoms with van der Waals surface area (Å²) in [6.07, 6.45) is 11.7. The van der Waals surface area contributed by atoms with E-state index in [1.807, 2.05) is 0 Å². The number of carbonyl (C=O) groups is 3. The molecule has 0 aliphatic heterocycles. The first-order valence-electron chi connectivity index (χ1n) is 13.3. The second-order valence-electron chi connectivity index (χ2n) is 9.30. The highest BCUT2D eigenvalue weighted by molar-refractivity contribution is 7.80. The predicted octanol–water partition coefficient (Wildman–Crippen LogP) is 5.24. The number of carbonyl (C=O) groups excluding carboxylic acids is 3. The number of rotatable bonds is 25. The maximum absolute atomic E-state index is 12.2. The second-order valence-corrected chi connectivity index (χ2v) is 10.6. The van der Waals surface area contributed by atoms with Crippen LogP contribution in [-0.2, 0) is 28.6 Å². The van der Waals surface area contributed by atoms with Gasteiger partial charge in [0.25, 0.3) is 0 Å². The van der Waals surface area contributed by atoms with E-state index >= 15 is 0 Å². The zero-order valence-electron chi connectivity index (χ0n) is 21.8. The summed E-state index contributed by atoms with van der Waals surface area (Å²) in [6, 6.07) is 0. The van der Waals surface area contributed by atoms with Crippen LogP contribution in [0.5, 0.6) is 0 Å². The topological polar surface area (TPSA) is 99.1 Å². The number of hydrogen-bond donors (Lipinski definition) is 4.